The molecule has 0 saturated heterocycles. The Hall–Kier alpha value is -3.04. The Morgan fingerprint density at radius 3 is 2.69 bits per heavy atom. The number of nitrogens with one attached hydrogen (secondary N) is 1. The molecule has 1 aromatic carbocycles. The van der Waals surface area contributed by atoms with Crippen LogP contribution in [0, 0.1) is 6.92 Å². The number of thiazole rings is 1. The van der Waals surface area contributed by atoms with Gasteiger partial charge in [0.2, 0.25) is 5.43 Å². The summed E-state index contributed by atoms with van der Waals surface area (Å²) in [6, 6.07) is 8.19. The first-order chi connectivity index (χ1) is 13.9. The minimum atomic E-state index is -0.685. The van der Waals surface area contributed by atoms with Gasteiger partial charge in [-0.1, -0.05) is 11.6 Å². The fraction of sp³-hybridized carbons (Fsp3) is 0.211. The number of aromatic nitrogens is 3. The lowest BCUT2D eigenvalue weighted by Crippen LogP contribution is -2.26. The van der Waals surface area contributed by atoms with Crippen molar-refractivity contribution in [2.75, 3.05) is 11.9 Å². The van der Waals surface area contributed by atoms with Gasteiger partial charge in [-0.15, -0.1) is 11.3 Å². The number of carbonyl (C=O) groups excluding carboxylic acids is 2. The molecular weight excluding hydrogens is 416 g/mol. The van der Waals surface area contributed by atoms with E-state index in [1.807, 2.05) is 0 Å². The molecule has 1 N–H and O–H groups in total. The molecule has 0 radical (unpaired) electrons. The first-order valence-electron chi connectivity index (χ1n) is 8.65. The van der Waals surface area contributed by atoms with Gasteiger partial charge in [-0.3, -0.25) is 19.7 Å². The second kappa shape index (κ2) is 8.97. The van der Waals surface area contributed by atoms with E-state index in [0.29, 0.717) is 22.1 Å². The lowest BCUT2D eigenvalue weighted by atomic mass is 10.2. The predicted octanol–water partition coefficient (Wildman–Crippen LogP) is 3.01. The Labute approximate surface area is 175 Å². The van der Waals surface area contributed by atoms with Crippen molar-refractivity contribution < 1.29 is 14.3 Å². The van der Waals surface area contributed by atoms with Crippen molar-refractivity contribution in [1.29, 1.82) is 0 Å². The van der Waals surface area contributed by atoms with Crippen LogP contribution in [0.3, 0.4) is 0 Å². The number of hydrogen-bond acceptors (Lipinski definition) is 7. The lowest BCUT2D eigenvalue weighted by Gasteiger charge is -2.11. The number of esters is 1. The van der Waals surface area contributed by atoms with E-state index in [0.717, 1.165) is 11.3 Å². The van der Waals surface area contributed by atoms with Crippen LogP contribution in [0.15, 0.2) is 40.5 Å². The first kappa shape index (κ1) is 20.7. The molecule has 10 heteroatoms. The first-order valence-corrected chi connectivity index (χ1v) is 9.91. The molecule has 8 nitrogen and oxygen atoms in total. The number of benzene rings is 1. The molecule has 150 valence electrons. The van der Waals surface area contributed by atoms with E-state index < -0.39 is 17.3 Å². The maximum absolute atomic E-state index is 12.6. The van der Waals surface area contributed by atoms with Crippen molar-refractivity contribution in [3.05, 3.63) is 68.0 Å². The zero-order valence-electron chi connectivity index (χ0n) is 15.6. The zero-order chi connectivity index (χ0) is 21.0. The molecule has 0 aliphatic rings. The van der Waals surface area contributed by atoms with E-state index in [-0.39, 0.29) is 23.9 Å². The quantitative estimate of drug-likeness (QED) is 0.600. The summed E-state index contributed by atoms with van der Waals surface area (Å²) in [4.78, 5) is 40.6. The van der Waals surface area contributed by atoms with Crippen molar-refractivity contribution in [2.24, 2.45) is 0 Å². The monoisotopic (exact) mass is 432 g/mol. The van der Waals surface area contributed by atoms with Gasteiger partial charge in [0.25, 0.3) is 5.91 Å². The van der Waals surface area contributed by atoms with Gasteiger partial charge in [-0.05, 0) is 38.1 Å². The van der Waals surface area contributed by atoms with E-state index >= 15 is 0 Å². The van der Waals surface area contributed by atoms with E-state index in [9.17, 15) is 14.4 Å². The normalized spacial score (nSPS) is 10.6. The van der Waals surface area contributed by atoms with Gasteiger partial charge in [-0.25, -0.2) is 9.67 Å². The average molecular weight is 433 g/mol. The van der Waals surface area contributed by atoms with Gasteiger partial charge in [0, 0.05) is 22.2 Å². The topological polar surface area (TPSA) is 103 Å². The molecule has 0 aliphatic carbocycles. The highest BCUT2D eigenvalue weighted by Crippen LogP contribution is 2.17. The van der Waals surface area contributed by atoms with Crippen LogP contribution >= 0.6 is 22.9 Å². The van der Waals surface area contributed by atoms with Crippen molar-refractivity contribution >= 4 is 39.9 Å². The van der Waals surface area contributed by atoms with Crippen LogP contribution in [0.4, 0.5) is 5.13 Å². The van der Waals surface area contributed by atoms with Gasteiger partial charge in [-0.2, -0.15) is 5.10 Å². The maximum atomic E-state index is 12.6. The third kappa shape index (κ3) is 5.07. The van der Waals surface area contributed by atoms with Crippen LogP contribution in [0.2, 0.25) is 5.02 Å². The Bertz CT molecular complexity index is 1110. The largest absolute Gasteiger partial charge is 0.466 e. The SMILES string of the molecule is CCOC(=O)Cc1csc(NC(=O)c2nn(-c3ccc(Cl)cc3)c(C)cc2=O)n1. The third-order valence-corrected chi connectivity index (χ3v) is 4.86. The summed E-state index contributed by atoms with van der Waals surface area (Å²) in [5.74, 6) is -1.09. The van der Waals surface area contributed by atoms with E-state index in [1.165, 1.54) is 10.7 Å². The van der Waals surface area contributed by atoms with Crippen molar-refractivity contribution in [2.45, 2.75) is 20.3 Å². The Morgan fingerprint density at radius 2 is 2.00 bits per heavy atom. The van der Waals surface area contributed by atoms with Gasteiger partial charge >= 0.3 is 5.97 Å². The molecule has 0 unspecified atom stereocenters. The minimum Gasteiger partial charge on any atom is -0.466 e. The predicted molar refractivity (Wildman–Crippen MR) is 110 cm³/mol. The Balaban J connectivity index is 1.82. The highest BCUT2D eigenvalue weighted by molar-refractivity contribution is 7.14. The molecule has 2 aromatic heterocycles. The molecule has 3 rings (SSSR count). The highest BCUT2D eigenvalue weighted by Gasteiger charge is 2.17. The lowest BCUT2D eigenvalue weighted by molar-refractivity contribution is -0.142. The molecule has 1 amide bonds. The fourth-order valence-corrected chi connectivity index (χ4v) is 3.34. The number of rotatable bonds is 6. The standard InChI is InChI=1S/C19H17ClN4O4S/c1-3-28-16(26)9-13-10-29-19(21-13)22-18(27)17-15(25)8-11(2)24(23-17)14-6-4-12(20)5-7-14/h4-8,10H,3,9H2,1-2H3,(H,21,22,27). The summed E-state index contributed by atoms with van der Waals surface area (Å²) in [6.45, 7) is 3.72. The molecule has 29 heavy (non-hydrogen) atoms. The second-order valence-electron chi connectivity index (χ2n) is 5.97. The summed E-state index contributed by atoms with van der Waals surface area (Å²) in [7, 11) is 0. The number of ether oxygens (including phenoxy) is 1. The summed E-state index contributed by atoms with van der Waals surface area (Å²) in [6.07, 6.45) is 0.00631. The average Bonchev–Trinajstić information content (AvgIpc) is 3.09. The van der Waals surface area contributed by atoms with Gasteiger partial charge in [0.1, 0.15) is 0 Å². The van der Waals surface area contributed by atoms with E-state index in [2.05, 4.69) is 15.4 Å². The van der Waals surface area contributed by atoms with Crippen LogP contribution in [0.1, 0.15) is 28.8 Å². The van der Waals surface area contributed by atoms with E-state index in [4.69, 9.17) is 16.3 Å². The molecular formula is C19H17ClN4O4S. The van der Waals surface area contributed by atoms with E-state index in [1.54, 1.807) is 43.5 Å². The number of anilines is 1. The van der Waals surface area contributed by atoms with Crippen molar-refractivity contribution in [3.8, 4) is 5.69 Å². The van der Waals surface area contributed by atoms with Crippen LogP contribution in [0.25, 0.3) is 5.69 Å². The highest BCUT2D eigenvalue weighted by atomic mass is 35.5. The van der Waals surface area contributed by atoms with Crippen molar-refractivity contribution in [1.82, 2.24) is 14.8 Å². The van der Waals surface area contributed by atoms with Gasteiger partial charge in [0.15, 0.2) is 10.8 Å². The number of amides is 1. The summed E-state index contributed by atoms with van der Waals surface area (Å²) < 4.78 is 6.36. The molecule has 2 heterocycles. The molecule has 0 saturated carbocycles. The molecule has 3 aromatic rings. The van der Waals surface area contributed by atoms with Gasteiger partial charge < -0.3 is 4.74 Å². The van der Waals surface area contributed by atoms with Crippen molar-refractivity contribution in [3.63, 3.8) is 0 Å². The minimum absolute atomic E-state index is 0.00631. The van der Waals surface area contributed by atoms with Crippen LogP contribution in [-0.2, 0) is 16.0 Å². The number of aryl methyl sites for hydroxylation is 1. The molecule has 0 spiro atoms. The third-order valence-electron chi connectivity index (χ3n) is 3.80. The Kier molecular flexibility index (Phi) is 6.40. The maximum Gasteiger partial charge on any atom is 0.311 e. The van der Waals surface area contributed by atoms with Crippen LogP contribution < -0.4 is 10.7 Å². The summed E-state index contributed by atoms with van der Waals surface area (Å²) in [5.41, 5.74) is 0.923. The van der Waals surface area contributed by atoms with Gasteiger partial charge in [0.05, 0.1) is 24.4 Å². The fourth-order valence-electron chi connectivity index (χ4n) is 2.51. The number of hydrogen-bond donors (Lipinski definition) is 1. The number of halogens is 1. The number of carbonyl (C=O) groups is 2. The molecule has 0 atom stereocenters. The zero-order valence-corrected chi connectivity index (χ0v) is 17.2. The molecule has 0 aliphatic heterocycles. The Morgan fingerprint density at radius 1 is 1.28 bits per heavy atom. The molecule has 0 bridgehead atoms. The number of nitrogens with zero attached hydrogens (tertiary/aromatic N) is 3. The molecule has 0 fully saturated rings. The second-order valence-corrected chi connectivity index (χ2v) is 7.26. The smallest absolute Gasteiger partial charge is 0.311 e. The summed E-state index contributed by atoms with van der Waals surface area (Å²) in [5, 5.41) is 9.21. The summed E-state index contributed by atoms with van der Waals surface area (Å²) >= 11 is 7.05. The van der Waals surface area contributed by atoms with Crippen LogP contribution in [-0.4, -0.2) is 33.2 Å². The van der Waals surface area contributed by atoms with Crippen LogP contribution in [0.5, 0.6) is 0 Å².